The highest BCUT2D eigenvalue weighted by molar-refractivity contribution is 7.80. The highest BCUT2D eigenvalue weighted by atomic mass is 32.1. The number of ether oxygens (including phenoxy) is 1. The molecule has 8 nitrogen and oxygen atoms in total. The smallest absolute Gasteiger partial charge is 0.269 e. The molecule has 2 aromatic carbocycles. The van der Waals surface area contributed by atoms with E-state index in [0.29, 0.717) is 10.7 Å². The summed E-state index contributed by atoms with van der Waals surface area (Å²) in [5.41, 5.74) is 5.49. The Hall–Kier alpha value is -3.72. The molecule has 0 saturated heterocycles. The van der Waals surface area contributed by atoms with E-state index in [1.165, 1.54) is 17.7 Å². The molecule has 0 amide bonds. The zero-order valence-corrected chi connectivity index (χ0v) is 19.0. The van der Waals surface area contributed by atoms with E-state index in [1.807, 2.05) is 29.8 Å². The van der Waals surface area contributed by atoms with Gasteiger partial charge >= 0.3 is 0 Å². The molecule has 1 N–H and O–H groups in total. The first-order valence-electron chi connectivity index (χ1n) is 10.9. The predicted octanol–water partition coefficient (Wildman–Crippen LogP) is 4.52. The van der Waals surface area contributed by atoms with Crippen LogP contribution in [-0.2, 0) is 19.6 Å². The van der Waals surface area contributed by atoms with E-state index >= 15 is 0 Å². The first kappa shape index (κ1) is 21.1. The lowest BCUT2D eigenvalue weighted by Crippen LogP contribution is -2.19. The maximum absolute atomic E-state index is 10.9. The first-order chi connectivity index (χ1) is 16.1. The molecule has 0 fully saturated rings. The van der Waals surface area contributed by atoms with Crippen molar-refractivity contribution in [2.75, 3.05) is 7.05 Å². The van der Waals surface area contributed by atoms with Crippen LogP contribution < -0.4 is 10.1 Å². The number of nitro groups is 1. The molecule has 5 rings (SSSR count). The average molecular weight is 462 g/mol. The molecule has 0 saturated carbocycles. The van der Waals surface area contributed by atoms with E-state index in [-0.39, 0.29) is 12.3 Å². The summed E-state index contributed by atoms with van der Waals surface area (Å²) >= 11 is 5.71. The normalized spacial score (nSPS) is 13.0. The first-order valence-corrected chi connectivity index (χ1v) is 11.3. The van der Waals surface area contributed by atoms with Crippen molar-refractivity contribution in [2.24, 2.45) is 0 Å². The van der Waals surface area contributed by atoms with Crippen molar-refractivity contribution in [1.82, 2.24) is 19.5 Å². The third kappa shape index (κ3) is 3.74. The lowest BCUT2D eigenvalue weighted by Gasteiger charge is -2.10. The van der Waals surface area contributed by atoms with Crippen molar-refractivity contribution in [2.45, 2.75) is 32.4 Å². The van der Waals surface area contributed by atoms with Crippen molar-refractivity contribution >= 4 is 28.5 Å². The third-order valence-corrected chi connectivity index (χ3v) is 6.38. The van der Waals surface area contributed by atoms with Gasteiger partial charge in [0.1, 0.15) is 28.7 Å². The summed E-state index contributed by atoms with van der Waals surface area (Å²) < 4.78 is 10.1. The Morgan fingerprint density at radius 3 is 2.64 bits per heavy atom. The van der Waals surface area contributed by atoms with E-state index < -0.39 is 4.92 Å². The van der Waals surface area contributed by atoms with E-state index in [4.69, 9.17) is 22.1 Å². The molecule has 1 aliphatic rings. The molecule has 33 heavy (non-hydrogen) atoms. The van der Waals surface area contributed by atoms with Crippen LogP contribution in [0.1, 0.15) is 29.9 Å². The lowest BCUT2D eigenvalue weighted by molar-refractivity contribution is -0.384. The molecule has 0 unspecified atom stereocenters. The molecule has 0 radical (unpaired) electrons. The van der Waals surface area contributed by atoms with Gasteiger partial charge in [0.15, 0.2) is 5.82 Å². The number of hydrogen-bond donors (Lipinski definition) is 1. The second kappa shape index (κ2) is 8.67. The summed E-state index contributed by atoms with van der Waals surface area (Å²) in [5.74, 6) is 1.36. The molecule has 4 aromatic rings. The van der Waals surface area contributed by atoms with E-state index in [2.05, 4.69) is 22.0 Å². The van der Waals surface area contributed by atoms with Crippen molar-refractivity contribution < 1.29 is 9.66 Å². The molecule has 0 bridgehead atoms. The highest BCUT2D eigenvalue weighted by Gasteiger charge is 2.28. The molecule has 1 aliphatic heterocycles. The fraction of sp³-hybridized carbons (Fsp3) is 0.250. The number of nitrogens with one attached hydrogen (secondary N) is 1. The Kier molecular flexibility index (Phi) is 5.55. The van der Waals surface area contributed by atoms with Gasteiger partial charge in [-0.2, -0.15) is 0 Å². The molecular weight excluding hydrogens is 438 g/mol. The zero-order chi connectivity index (χ0) is 22.9. The summed E-state index contributed by atoms with van der Waals surface area (Å²) in [6.45, 7) is 1.10. The average Bonchev–Trinajstić information content (AvgIpc) is 3.24. The minimum Gasteiger partial charge on any atom is -0.486 e. The Morgan fingerprint density at radius 1 is 1.18 bits per heavy atom. The number of nitrogens with zero attached hydrogens (tertiary/aromatic N) is 4. The summed E-state index contributed by atoms with van der Waals surface area (Å²) in [4.78, 5) is 11.1. The third-order valence-electron chi connectivity index (χ3n) is 5.98. The minimum absolute atomic E-state index is 0.0345. The lowest BCUT2D eigenvalue weighted by atomic mass is 9.98. The standard InChI is InChI=1S/C24H23N5O3S/c1-25-23(33)22-21(16-7-3-2-4-8-16)19-9-5-6-14-27-20(26-28(22)24(19)27)15-32-18-12-10-17(11-13-18)29(30)31/h2-4,7-8,10-13H,5-6,9,14-15H2,1H3,(H,25,33). The predicted molar refractivity (Wildman–Crippen MR) is 130 cm³/mol. The number of non-ortho nitro benzene ring substituents is 1. The van der Waals surface area contributed by atoms with Crippen LogP contribution in [0.3, 0.4) is 0 Å². The van der Waals surface area contributed by atoms with Crippen LogP contribution in [0.4, 0.5) is 5.69 Å². The number of nitro benzene ring substituents is 1. The molecular formula is C24H23N5O3S. The summed E-state index contributed by atoms with van der Waals surface area (Å²) in [7, 11) is 1.83. The summed E-state index contributed by atoms with van der Waals surface area (Å²) in [6.07, 6.45) is 3.08. The van der Waals surface area contributed by atoms with Gasteiger partial charge in [0, 0.05) is 36.9 Å². The number of aryl methyl sites for hydroxylation is 2. The van der Waals surface area contributed by atoms with E-state index in [9.17, 15) is 10.1 Å². The van der Waals surface area contributed by atoms with Crippen molar-refractivity contribution in [1.29, 1.82) is 0 Å². The van der Waals surface area contributed by atoms with Gasteiger partial charge in [-0.25, -0.2) is 4.52 Å². The van der Waals surface area contributed by atoms with Crippen LogP contribution in [0.5, 0.6) is 5.75 Å². The monoisotopic (exact) mass is 461 g/mol. The van der Waals surface area contributed by atoms with Gasteiger partial charge in [-0.1, -0.05) is 42.5 Å². The van der Waals surface area contributed by atoms with Crippen LogP contribution >= 0.6 is 12.2 Å². The van der Waals surface area contributed by atoms with Crippen LogP contribution in [0.2, 0.25) is 0 Å². The summed E-state index contributed by atoms with van der Waals surface area (Å²) in [6, 6.07) is 16.4. The second-order valence-corrected chi connectivity index (χ2v) is 8.36. The highest BCUT2D eigenvalue weighted by Crippen LogP contribution is 2.36. The molecule has 0 aliphatic carbocycles. The molecule has 0 atom stereocenters. The molecule has 168 valence electrons. The Balaban J connectivity index is 1.59. The molecule has 9 heteroatoms. The Labute approximate surface area is 195 Å². The SMILES string of the molecule is CNC(=S)c1c(-c2ccccc2)c2c3n(c(COc4ccc([N+](=O)[O-])cc4)nn13)CCCC2. The van der Waals surface area contributed by atoms with Gasteiger partial charge in [0.2, 0.25) is 0 Å². The van der Waals surface area contributed by atoms with Gasteiger partial charge in [-0.05, 0) is 37.0 Å². The number of aromatic nitrogens is 3. The molecule has 2 aromatic heterocycles. The maximum atomic E-state index is 10.9. The quantitative estimate of drug-likeness (QED) is 0.258. The number of rotatable bonds is 6. The molecule has 3 heterocycles. The van der Waals surface area contributed by atoms with E-state index in [1.54, 1.807) is 12.1 Å². The van der Waals surface area contributed by atoms with Crippen LogP contribution in [0, 0.1) is 10.1 Å². The van der Waals surface area contributed by atoms with Crippen LogP contribution in [-0.4, -0.2) is 31.1 Å². The number of thiocarbonyl (C=S) groups is 1. The minimum atomic E-state index is -0.423. The fourth-order valence-electron chi connectivity index (χ4n) is 4.47. The molecule has 0 spiro atoms. The Morgan fingerprint density at radius 2 is 1.94 bits per heavy atom. The van der Waals surface area contributed by atoms with Crippen molar-refractivity contribution in [3.05, 3.63) is 81.8 Å². The fourth-order valence-corrected chi connectivity index (χ4v) is 4.66. The largest absolute Gasteiger partial charge is 0.486 e. The van der Waals surface area contributed by atoms with Gasteiger partial charge in [-0.15, -0.1) is 5.10 Å². The van der Waals surface area contributed by atoms with Gasteiger partial charge in [0.05, 0.1) is 4.92 Å². The summed E-state index contributed by atoms with van der Waals surface area (Å²) in [5, 5.41) is 18.9. The van der Waals surface area contributed by atoms with Crippen LogP contribution in [0.15, 0.2) is 54.6 Å². The topological polar surface area (TPSA) is 86.6 Å². The van der Waals surface area contributed by atoms with E-state index in [0.717, 1.165) is 54.1 Å². The van der Waals surface area contributed by atoms with Gasteiger partial charge in [0.25, 0.3) is 5.69 Å². The zero-order valence-electron chi connectivity index (χ0n) is 18.2. The van der Waals surface area contributed by atoms with Crippen molar-refractivity contribution in [3.63, 3.8) is 0 Å². The van der Waals surface area contributed by atoms with Crippen molar-refractivity contribution in [3.8, 4) is 16.9 Å². The van der Waals surface area contributed by atoms with Crippen LogP contribution in [0.25, 0.3) is 16.8 Å². The Bertz CT molecular complexity index is 1340. The number of benzene rings is 2. The number of hydrogen-bond acceptors (Lipinski definition) is 5. The second-order valence-electron chi connectivity index (χ2n) is 7.95. The maximum Gasteiger partial charge on any atom is 0.269 e. The van der Waals surface area contributed by atoms with Gasteiger partial charge < -0.3 is 14.6 Å². The van der Waals surface area contributed by atoms with Gasteiger partial charge in [-0.3, -0.25) is 10.1 Å².